The number of hydrogen-bond acceptors (Lipinski definition) is 0. The van der Waals surface area contributed by atoms with Crippen LogP contribution in [0.15, 0.2) is 0 Å². The SMILES string of the molecule is [H+].[H+].[H+].[NH4+].[O-2].[O-2].[O-2].[O-2].[O-2].[O-2].[O-2].[O-2].[O-2].[O-2].[O-2].[O-2].[O-2].[O-2].[O-2].[O-2].[O-2].[O-2].[O-2].[O-2].[O-2].[O-2].[O-2].[O-2].[O-2].[O-2].[O-2].[O-2].[O-2].[O-2].[O-2].[O-2].[O-2].[O-2].[O-2].[O-2].[O-2].[O-2].[O-2].[O-2].[Si+4].[W].[W].[W].[W].[W].[W].[W].[W].[W].[W].[W].[W]. The van der Waals surface area contributed by atoms with Gasteiger partial charge in [0.1, 0.15) is 0 Å². The van der Waals surface area contributed by atoms with Crippen molar-refractivity contribution >= 4 is 11.0 Å². The van der Waals surface area contributed by atoms with Crippen LogP contribution in [-0.2, 0) is 472 Å². The Morgan fingerprint density at radius 2 is 0.0926 bits per heavy atom. The topological polar surface area (TPSA) is 1180 Å². The molecule has 0 aliphatic heterocycles. The minimum Gasteiger partial charge on any atom is -2.00 e. The maximum absolute atomic E-state index is 0. The fourth-order valence-corrected chi connectivity index (χ4v) is 0. The molecule has 0 saturated carbocycles. The summed E-state index contributed by atoms with van der Waals surface area (Å²) in [5.74, 6) is 0. The molecule has 54 heteroatoms. The molecule has 0 radical (unpaired) electrons. The summed E-state index contributed by atoms with van der Waals surface area (Å²) in [6.07, 6.45) is 0. The Hall–Kier alpha value is 6.84. The zero-order valence-electron chi connectivity index (χ0n) is 25.7. The van der Waals surface area contributed by atoms with Crippen LogP contribution in [0.4, 0.5) is 0 Å². The van der Waals surface area contributed by atoms with Crippen molar-refractivity contribution < 1.29 is 476 Å². The normalized spacial score (nSPS) is 0. The van der Waals surface area contributed by atoms with Crippen LogP contribution in [0.3, 0.4) is 0 Å². The van der Waals surface area contributed by atoms with E-state index in [0.29, 0.717) is 0 Å². The van der Waals surface area contributed by atoms with Crippen molar-refractivity contribution in [3.05, 3.63) is 0 Å². The van der Waals surface area contributed by atoms with Gasteiger partial charge in [0, 0.05) is 253 Å². The van der Waals surface area contributed by atoms with Crippen molar-refractivity contribution in [2.75, 3.05) is 0 Å². The van der Waals surface area contributed by atoms with Crippen LogP contribution >= 0.6 is 0 Å². The molecule has 0 bridgehead atoms. The molecule has 0 aliphatic rings. The van der Waals surface area contributed by atoms with E-state index in [1.165, 1.54) is 0 Å². The molecule has 0 heterocycles. The summed E-state index contributed by atoms with van der Waals surface area (Å²) < 4.78 is 0. The summed E-state index contributed by atoms with van der Waals surface area (Å²) >= 11 is 0. The second kappa shape index (κ2) is 4430. The van der Waals surface area contributed by atoms with Crippen LogP contribution in [0.1, 0.15) is 4.28 Å². The zero-order valence-corrected chi connectivity index (χ0v) is 58.9. The first kappa shape index (κ1) is 4660. The minimum atomic E-state index is 0. The zero-order chi connectivity index (χ0) is 0. The number of quaternary nitrogens is 1. The first-order valence-electron chi connectivity index (χ1n) is 0. The molecule has 54 heavy (non-hydrogen) atoms. The average molecular weight is 2900 g/mol. The van der Waals surface area contributed by atoms with Gasteiger partial charge in [0.2, 0.25) is 0 Å². The molecule has 0 atom stereocenters. The Kier molecular flexibility index (Phi) is 382000. The largest absolute Gasteiger partial charge is 4.00 e. The second-order valence-corrected chi connectivity index (χ2v) is 0. The van der Waals surface area contributed by atoms with Crippen LogP contribution in [0.25, 0.3) is 0 Å². The standard InChI is InChI=1S/H3N.40O.Si.12W/h1H3;;;;;;;;;;;;;;;;;;;;;;;;;;;;;;;;;;;;;;;;;;;;;;;;;;;;;/q;40*-2;+4;;;;;;;;;;;;/p+4. The molecule has 0 fully saturated rings. The molecule has 4 N–H and O–H groups in total. The first-order chi connectivity index (χ1) is 0. The molecule has 0 spiro atoms. The summed E-state index contributed by atoms with van der Waals surface area (Å²) in [5.41, 5.74) is 0. The Labute approximate surface area is 487 Å². The van der Waals surface area contributed by atoms with Gasteiger partial charge >= 0.3 is 15.2 Å². The fraction of sp³-hybridized carbons (Fsp3) is 0. The summed E-state index contributed by atoms with van der Waals surface area (Å²) in [4.78, 5) is 0. The van der Waals surface area contributed by atoms with E-state index in [4.69, 9.17) is 0 Å². The molecule has 41 nitrogen and oxygen atoms in total. The van der Waals surface area contributed by atoms with E-state index < -0.39 is 0 Å². The Balaban J connectivity index is 0. The average Bonchev–Trinajstić information content (AvgIpc) is 0. The maximum Gasteiger partial charge on any atom is 4.00 e. The van der Waals surface area contributed by atoms with Crippen molar-refractivity contribution in [1.29, 1.82) is 0 Å². The Morgan fingerprint density at radius 3 is 0.0926 bits per heavy atom. The summed E-state index contributed by atoms with van der Waals surface area (Å²) in [6, 6.07) is 0. The quantitative estimate of drug-likeness (QED) is 0.225. The van der Waals surface area contributed by atoms with Crippen molar-refractivity contribution in [3.8, 4) is 0 Å². The van der Waals surface area contributed by atoms with Gasteiger partial charge in [-0.05, 0) is 0 Å². The molecular weight excluding hydrogens is 2890 g/mol. The van der Waals surface area contributed by atoms with Crippen molar-refractivity contribution in [3.63, 3.8) is 0 Å². The molecule has 0 amide bonds. The van der Waals surface area contributed by atoms with Crippen LogP contribution in [0.2, 0.25) is 0 Å². The third-order valence-corrected chi connectivity index (χ3v) is 0. The van der Waals surface area contributed by atoms with E-state index in [1.807, 2.05) is 0 Å². The van der Waals surface area contributed by atoms with Gasteiger partial charge in [-0.3, -0.25) is 0 Å². The van der Waals surface area contributed by atoms with Gasteiger partial charge in [0.25, 0.3) is 0 Å². The smallest absolute Gasteiger partial charge is 2.00 e. The molecule has 0 rings (SSSR count). The second-order valence-electron chi connectivity index (χ2n) is 0. The third kappa shape index (κ3) is 4210. The van der Waals surface area contributed by atoms with E-state index in [0.717, 1.165) is 0 Å². The van der Waals surface area contributed by atoms with Gasteiger partial charge in [-0.1, -0.05) is 0 Å². The van der Waals surface area contributed by atoms with Crippen LogP contribution in [0.5, 0.6) is 0 Å². The number of hydrogen-bond donors (Lipinski definition) is 1. The fourth-order valence-electron chi connectivity index (χ4n) is 0. The Morgan fingerprint density at radius 1 is 0.0926 bits per heavy atom. The molecule has 0 saturated heterocycles. The molecule has 0 aromatic heterocycles. The molecule has 0 unspecified atom stereocenters. The maximum atomic E-state index is 0. The van der Waals surface area contributed by atoms with E-state index in [9.17, 15) is 0 Å². The minimum absolute atomic E-state index is 0. The summed E-state index contributed by atoms with van der Waals surface area (Å²) in [5, 5.41) is 0. The van der Waals surface area contributed by atoms with E-state index in [2.05, 4.69) is 0 Å². The van der Waals surface area contributed by atoms with Crippen LogP contribution in [-0.4, -0.2) is 11.0 Å². The Bertz CT molecular complexity index is 71.8. The van der Waals surface area contributed by atoms with Gasteiger partial charge in [-0.2, -0.15) is 0 Å². The van der Waals surface area contributed by atoms with Gasteiger partial charge in [0.15, 0.2) is 0 Å². The van der Waals surface area contributed by atoms with Gasteiger partial charge in [-0.15, -0.1) is 0 Å². The number of rotatable bonds is 0. The predicted molar refractivity (Wildman–Crippen MR) is 42.5 cm³/mol. The van der Waals surface area contributed by atoms with Crippen molar-refractivity contribution in [1.82, 2.24) is 6.15 Å². The summed E-state index contributed by atoms with van der Waals surface area (Å²) in [6.45, 7) is 0. The molecule has 0 aromatic rings. The molecule has 400 valence electrons. The monoisotopic (exact) mass is 2900 g/mol. The molecule has 0 aliphatic carbocycles. The van der Waals surface area contributed by atoms with Gasteiger partial charge in [-0.25, -0.2) is 0 Å². The van der Waals surface area contributed by atoms with Gasteiger partial charge in [0.05, 0.1) is 0 Å². The predicted octanol–water partition coefficient (Wildman–Crippen LogP) is -4.45. The van der Waals surface area contributed by atoms with Crippen molar-refractivity contribution in [2.45, 2.75) is 0 Å². The van der Waals surface area contributed by atoms with Crippen LogP contribution < -0.4 is 6.15 Å². The molecular formula is H7NO40SiW12-72. The van der Waals surface area contributed by atoms with E-state index in [1.54, 1.807) is 0 Å². The van der Waals surface area contributed by atoms with Crippen LogP contribution in [0, 0.1) is 0 Å². The molecule has 0 aromatic carbocycles. The van der Waals surface area contributed by atoms with Crippen molar-refractivity contribution in [2.24, 2.45) is 0 Å². The third-order valence-electron chi connectivity index (χ3n) is 0. The summed E-state index contributed by atoms with van der Waals surface area (Å²) in [7, 11) is 0. The van der Waals surface area contributed by atoms with Gasteiger partial charge < -0.3 is 225 Å². The van der Waals surface area contributed by atoms with E-state index in [-0.39, 0.29) is 493 Å². The van der Waals surface area contributed by atoms with E-state index >= 15 is 0 Å². The first-order valence-corrected chi connectivity index (χ1v) is 0.